The summed E-state index contributed by atoms with van der Waals surface area (Å²) < 4.78 is 0. The Morgan fingerprint density at radius 1 is 1.45 bits per heavy atom. The lowest BCUT2D eigenvalue weighted by molar-refractivity contribution is -0.118. The van der Waals surface area contributed by atoms with E-state index in [1.165, 1.54) is 6.08 Å². The standard InChI is InChI=1S/C9H15NO/c1-6-7(2)8(11)10-9(3,4)5/h6H,1-2H2,3-5H3,(H,10,11). The number of nitrogens with one attached hydrogen (secondary N) is 1. The predicted molar refractivity (Wildman–Crippen MR) is 47.2 cm³/mol. The molecule has 0 aliphatic carbocycles. The highest BCUT2D eigenvalue weighted by atomic mass is 16.1. The van der Waals surface area contributed by atoms with Gasteiger partial charge < -0.3 is 5.32 Å². The van der Waals surface area contributed by atoms with Crippen LogP contribution in [0.25, 0.3) is 0 Å². The normalized spacial score (nSPS) is 10.5. The largest absolute Gasteiger partial charge is 0.347 e. The van der Waals surface area contributed by atoms with E-state index in [4.69, 9.17) is 0 Å². The first-order valence-electron chi connectivity index (χ1n) is 3.50. The summed E-state index contributed by atoms with van der Waals surface area (Å²) in [6, 6.07) is 0. The highest BCUT2D eigenvalue weighted by Crippen LogP contribution is 2.01. The van der Waals surface area contributed by atoms with Crippen molar-refractivity contribution in [1.29, 1.82) is 0 Å². The second kappa shape index (κ2) is 3.37. The number of rotatable bonds is 2. The van der Waals surface area contributed by atoms with Gasteiger partial charge in [0.05, 0.1) is 0 Å². The van der Waals surface area contributed by atoms with E-state index in [0.717, 1.165) is 0 Å². The van der Waals surface area contributed by atoms with Gasteiger partial charge in [-0.3, -0.25) is 4.79 Å². The summed E-state index contributed by atoms with van der Waals surface area (Å²) in [5, 5.41) is 2.76. The van der Waals surface area contributed by atoms with Crippen molar-refractivity contribution in [2.75, 3.05) is 0 Å². The highest BCUT2D eigenvalue weighted by Gasteiger charge is 2.13. The van der Waals surface area contributed by atoms with Gasteiger partial charge in [-0.05, 0) is 20.8 Å². The molecule has 0 spiro atoms. The molecule has 0 aliphatic heterocycles. The molecule has 0 rings (SSSR count). The number of carbonyl (C=O) groups excluding carboxylic acids is 1. The van der Waals surface area contributed by atoms with E-state index in [2.05, 4.69) is 18.5 Å². The molecule has 0 aromatic heterocycles. The van der Waals surface area contributed by atoms with Gasteiger partial charge in [0.2, 0.25) is 0 Å². The molecule has 2 nitrogen and oxygen atoms in total. The number of amides is 1. The molecule has 1 N–H and O–H groups in total. The molecule has 0 heterocycles. The Labute approximate surface area is 68.0 Å². The van der Waals surface area contributed by atoms with Crippen LogP contribution < -0.4 is 5.32 Å². The van der Waals surface area contributed by atoms with Gasteiger partial charge in [0, 0.05) is 11.1 Å². The van der Waals surface area contributed by atoms with Crippen molar-refractivity contribution in [3.63, 3.8) is 0 Å². The molecule has 0 saturated carbocycles. The minimum Gasteiger partial charge on any atom is -0.347 e. The van der Waals surface area contributed by atoms with E-state index in [1.807, 2.05) is 20.8 Å². The molecule has 62 valence electrons. The number of carbonyl (C=O) groups is 1. The smallest absolute Gasteiger partial charge is 0.251 e. The average Bonchev–Trinajstić information content (AvgIpc) is 1.82. The van der Waals surface area contributed by atoms with Crippen LogP contribution in [-0.4, -0.2) is 11.4 Å². The van der Waals surface area contributed by atoms with E-state index in [0.29, 0.717) is 5.57 Å². The van der Waals surface area contributed by atoms with Crippen molar-refractivity contribution in [1.82, 2.24) is 5.32 Å². The predicted octanol–water partition coefficient (Wildman–Crippen LogP) is 1.64. The van der Waals surface area contributed by atoms with Crippen LogP contribution in [0.1, 0.15) is 20.8 Å². The molecular formula is C9H15NO. The van der Waals surface area contributed by atoms with Crippen LogP contribution in [0, 0.1) is 0 Å². The lowest BCUT2D eigenvalue weighted by Gasteiger charge is -2.20. The van der Waals surface area contributed by atoms with Gasteiger partial charge in [-0.25, -0.2) is 0 Å². The highest BCUT2D eigenvalue weighted by molar-refractivity contribution is 5.95. The Kier molecular flexibility index (Phi) is 3.05. The first-order chi connectivity index (χ1) is 4.87. The number of hydrogen-bond donors (Lipinski definition) is 1. The Bertz CT molecular complexity index is 186. The van der Waals surface area contributed by atoms with E-state index in [1.54, 1.807) is 0 Å². The molecule has 0 saturated heterocycles. The second-order valence-corrected chi connectivity index (χ2v) is 3.43. The van der Waals surface area contributed by atoms with Crippen LogP contribution in [0.5, 0.6) is 0 Å². The first-order valence-corrected chi connectivity index (χ1v) is 3.50. The Hall–Kier alpha value is -1.05. The summed E-state index contributed by atoms with van der Waals surface area (Å²) in [4.78, 5) is 11.1. The van der Waals surface area contributed by atoms with E-state index >= 15 is 0 Å². The topological polar surface area (TPSA) is 29.1 Å². The van der Waals surface area contributed by atoms with Gasteiger partial charge in [-0.15, -0.1) is 0 Å². The van der Waals surface area contributed by atoms with Gasteiger partial charge in [0.15, 0.2) is 0 Å². The third-order valence-corrected chi connectivity index (χ3v) is 1.03. The summed E-state index contributed by atoms with van der Waals surface area (Å²) >= 11 is 0. The maximum Gasteiger partial charge on any atom is 0.251 e. The molecule has 0 fully saturated rings. The average molecular weight is 153 g/mol. The van der Waals surface area contributed by atoms with Gasteiger partial charge in [0.25, 0.3) is 5.91 Å². The lowest BCUT2D eigenvalue weighted by Crippen LogP contribution is -2.40. The molecule has 0 aliphatic rings. The Morgan fingerprint density at radius 3 is 2.18 bits per heavy atom. The van der Waals surface area contributed by atoms with Gasteiger partial charge in [0.1, 0.15) is 0 Å². The minimum atomic E-state index is -0.205. The van der Waals surface area contributed by atoms with Crippen molar-refractivity contribution in [2.45, 2.75) is 26.3 Å². The Balaban J connectivity index is 4.09. The lowest BCUT2D eigenvalue weighted by atomic mass is 10.1. The SMILES string of the molecule is C=CC(=C)C(=O)NC(C)(C)C. The van der Waals surface area contributed by atoms with Gasteiger partial charge >= 0.3 is 0 Å². The van der Waals surface area contributed by atoms with Crippen LogP contribution in [0.3, 0.4) is 0 Å². The first kappa shape index (κ1) is 9.95. The third kappa shape index (κ3) is 4.37. The van der Waals surface area contributed by atoms with Crippen molar-refractivity contribution >= 4 is 5.91 Å². The summed E-state index contributed by atoms with van der Waals surface area (Å²) in [5.74, 6) is -0.160. The molecule has 0 bridgehead atoms. The van der Waals surface area contributed by atoms with Crippen molar-refractivity contribution < 1.29 is 4.79 Å². The molecule has 0 unspecified atom stereocenters. The Morgan fingerprint density at radius 2 is 1.91 bits per heavy atom. The van der Waals surface area contributed by atoms with Crippen molar-refractivity contribution in [3.05, 3.63) is 24.8 Å². The fraction of sp³-hybridized carbons (Fsp3) is 0.444. The molecule has 0 aromatic carbocycles. The van der Waals surface area contributed by atoms with E-state index in [9.17, 15) is 4.79 Å². The maximum absolute atomic E-state index is 11.1. The van der Waals surface area contributed by atoms with Gasteiger partial charge in [-0.1, -0.05) is 19.2 Å². The van der Waals surface area contributed by atoms with Crippen molar-refractivity contribution in [2.24, 2.45) is 0 Å². The minimum absolute atomic E-state index is 0.160. The van der Waals surface area contributed by atoms with Crippen LogP contribution in [0.2, 0.25) is 0 Å². The molecular weight excluding hydrogens is 138 g/mol. The summed E-state index contributed by atoms with van der Waals surface area (Å²) in [5.41, 5.74) is 0.197. The monoisotopic (exact) mass is 153 g/mol. The summed E-state index contributed by atoms with van der Waals surface area (Å²) in [6.45, 7) is 12.7. The van der Waals surface area contributed by atoms with Gasteiger partial charge in [-0.2, -0.15) is 0 Å². The van der Waals surface area contributed by atoms with E-state index in [-0.39, 0.29) is 11.4 Å². The second-order valence-electron chi connectivity index (χ2n) is 3.43. The fourth-order valence-electron chi connectivity index (χ4n) is 0.514. The molecule has 0 aromatic rings. The third-order valence-electron chi connectivity index (χ3n) is 1.03. The molecule has 0 radical (unpaired) electrons. The quantitative estimate of drug-likeness (QED) is 0.474. The zero-order valence-electron chi connectivity index (χ0n) is 7.40. The van der Waals surface area contributed by atoms with Crippen LogP contribution >= 0.6 is 0 Å². The van der Waals surface area contributed by atoms with E-state index < -0.39 is 0 Å². The zero-order chi connectivity index (χ0) is 9.07. The van der Waals surface area contributed by atoms with Crippen LogP contribution in [-0.2, 0) is 4.79 Å². The molecule has 1 amide bonds. The van der Waals surface area contributed by atoms with Crippen LogP contribution in [0.15, 0.2) is 24.8 Å². The zero-order valence-corrected chi connectivity index (χ0v) is 7.40. The van der Waals surface area contributed by atoms with Crippen molar-refractivity contribution in [3.8, 4) is 0 Å². The maximum atomic E-state index is 11.1. The fourth-order valence-corrected chi connectivity index (χ4v) is 0.514. The number of hydrogen-bond acceptors (Lipinski definition) is 1. The van der Waals surface area contributed by atoms with Crippen LogP contribution in [0.4, 0.5) is 0 Å². The summed E-state index contributed by atoms with van der Waals surface area (Å²) in [7, 11) is 0. The molecule has 0 atom stereocenters. The summed E-state index contributed by atoms with van der Waals surface area (Å²) in [6.07, 6.45) is 1.45. The molecule has 11 heavy (non-hydrogen) atoms. The molecule has 2 heteroatoms.